The standard InChI is InChI=1S/C15H20N2O2S/c1-10(2)16-8-15-17-13(9-20-15)12-7-11(18-3)5-6-14(12)19-4/h5-7,9-10,16H,8H2,1-4H3. The van der Waals surface area contributed by atoms with Gasteiger partial charge < -0.3 is 14.8 Å². The molecule has 1 N–H and O–H groups in total. The van der Waals surface area contributed by atoms with E-state index in [0.717, 1.165) is 34.3 Å². The summed E-state index contributed by atoms with van der Waals surface area (Å²) in [5.74, 6) is 1.61. The van der Waals surface area contributed by atoms with Crippen molar-refractivity contribution in [3.8, 4) is 22.8 Å². The molecular weight excluding hydrogens is 272 g/mol. The first-order chi connectivity index (χ1) is 9.63. The van der Waals surface area contributed by atoms with E-state index in [0.29, 0.717) is 6.04 Å². The number of aromatic nitrogens is 1. The van der Waals surface area contributed by atoms with Gasteiger partial charge in [-0.2, -0.15) is 0 Å². The molecule has 0 saturated heterocycles. The molecule has 20 heavy (non-hydrogen) atoms. The maximum Gasteiger partial charge on any atom is 0.128 e. The summed E-state index contributed by atoms with van der Waals surface area (Å²) in [5, 5.41) is 6.49. The van der Waals surface area contributed by atoms with Crippen molar-refractivity contribution in [1.29, 1.82) is 0 Å². The molecule has 0 radical (unpaired) electrons. The van der Waals surface area contributed by atoms with E-state index in [4.69, 9.17) is 9.47 Å². The number of hydrogen-bond acceptors (Lipinski definition) is 5. The molecule has 1 heterocycles. The van der Waals surface area contributed by atoms with Gasteiger partial charge in [0.05, 0.1) is 19.9 Å². The minimum absolute atomic E-state index is 0.453. The molecule has 1 aromatic carbocycles. The lowest BCUT2D eigenvalue weighted by Crippen LogP contribution is -2.21. The van der Waals surface area contributed by atoms with Crippen molar-refractivity contribution in [2.45, 2.75) is 26.4 Å². The summed E-state index contributed by atoms with van der Waals surface area (Å²) < 4.78 is 10.7. The predicted molar refractivity (Wildman–Crippen MR) is 82.6 cm³/mol. The van der Waals surface area contributed by atoms with Crippen LogP contribution in [0.5, 0.6) is 11.5 Å². The van der Waals surface area contributed by atoms with Crippen LogP contribution in [0.25, 0.3) is 11.3 Å². The number of nitrogens with one attached hydrogen (secondary N) is 1. The quantitative estimate of drug-likeness (QED) is 0.887. The summed E-state index contributed by atoms with van der Waals surface area (Å²) in [6, 6.07) is 6.19. The topological polar surface area (TPSA) is 43.4 Å². The van der Waals surface area contributed by atoms with Crippen LogP contribution in [-0.2, 0) is 6.54 Å². The maximum atomic E-state index is 5.40. The van der Waals surface area contributed by atoms with Crippen LogP contribution in [0.1, 0.15) is 18.9 Å². The van der Waals surface area contributed by atoms with Crippen molar-refractivity contribution in [2.24, 2.45) is 0 Å². The number of nitrogens with zero attached hydrogens (tertiary/aromatic N) is 1. The van der Waals surface area contributed by atoms with E-state index in [1.54, 1.807) is 25.6 Å². The molecule has 5 heteroatoms. The summed E-state index contributed by atoms with van der Waals surface area (Å²) in [7, 11) is 3.32. The third-order valence-corrected chi connectivity index (χ3v) is 3.74. The van der Waals surface area contributed by atoms with Gasteiger partial charge in [0.2, 0.25) is 0 Å². The van der Waals surface area contributed by atoms with Crippen LogP contribution in [-0.4, -0.2) is 25.2 Å². The largest absolute Gasteiger partial charge is 0.497 e. The molecule has 0 fully saturated rings. The van der Waals surface area contributed by atoms with Crippen molar-refractivity contribution in [2.75, 3.05) is 14.2 Å². The Morgan fingerprint density at radius 1 is 1.25 bits per heavy atom. The highest BCUT2D eigenvalue weighted by molar-refractivity contribution is 7.09. The Labute approximate surface area is 123 Å². The fourth-order valence-corrected chi connectivity index (χ4v) is 2.57. The average Bonchev–Trinajstić information content (AvgIpc) is 2.93. The summed E-state index contributed by atoms with van der Waals surface area (Å²) >= 11 is 1.65. The lowest BCUT2D eigenvalue weighted by molar-refractivity contribution is 0.404. The van der Waals surface area contributed by atoms with E-state index in [1.807, 2.05) is 18.2 Å². The Hall–Kier alpha value is -1.59. The van der Waals surface area contributed by atoms with Gasteiger partial charge in [0.15, 0.2) is 0 Å². The lowest BCUT2D eigenvalue weighted by Gasteiger charge is -2.08. The molecular formula is C15H20N2O2S. The first-order valence-corrected chi connectivity index (χ1v) is 7.42. The van der Waals surface area contributed by atoms with Crippen LogP contribution in [0.15, 0.2) is 23.6 Å². The summed E-state index contributed by atoms with van der Waals surface area (Å²) in [6.45, 7) is 5.04. The molecule has 0 unspecified atom stereocenters. The van der Waals surface area contributed by atoms with Gasteiger partial charge in [-0.05, 0) is 18.2 Å². The highest BCUT2D eigenvalue weighted by atomic mass is 32.1. The highest BCUT2D eigenvalue weighted by Gasteiger charge is 2.11. The second-order valence-corrected chi connectivity index (χ2v) is 5.67. The zero-order chi connectivity index (χ0) is 14.5. The molecule has 4 nitrogen and oxygen atoms in total. The van der Waals surface area contributed by atoms with Crippen LogP contribution in [0.3, 0.4) is 0 Å². The van der Waals surface area contributed by atoms with Gasteiger partial charge in [0.25, 0.3) is 0 Å². The third-order valence-electron chi connectivity index (χ3n) is 2.90. The number of thiazole rings is 1. The van der Waals surface area contributed by atoms with Gasteiger partial charge >= 0.3 is 0 Å². The second-order valence-electron chi connectivity index (χ2n) is 4.73. The molecule has 1 aromatic heterocycles. The average molecular weight is 292 g/mol. The molecule has 0 atom stereocenters. The number of rotatable bonds is 6. The third kappa shape index (κ3) is 3.49. The molecule has 0 saturated carbocycles. The normalized spacial score (nSPS) is 10.8. The van der Waals surface area contributed by atoms with Crippen LogP contribution >= 0.6 is 11.3 Å². The molecule has 2 aromatic rings. The summed E-state index contributed by atoms with van der Waals surface area (Å²) in [4.78, 5) is 4.66. The monoisotopic (exact) mass is 292 g/mol. The first kappa shape index (κ1) is 14.8. The zero-order valence-corrected chi connectivity index (χ0v) is 13.1. The van der Waals surface area contributed by atoms with E-state index in [9.17, 15) is 0 Å². The van der Waals surface area contributed by atoms with Crippen molar-refractivity contribution >= 4 is 11.3 Å². The zero-order valence-electron chi connectivity index (χ0n) is 12.3. The summed E-state index contributed by atoms with van der Waals surface area (Å²) in [6.07, 6.45) is 0. The van der Waals surface area contributed by atoms with E-state index >= 15 is 0 Å². The minimum Gasteiger partial charge on any atom is -0.497 e. The molecule has 0 aliphatic heterocycles. The van der Waals surface area contributed by atoms with E-state index in [-0.39, 0.29) is 0 Å². The van der Waals surface area contributed by atoms with Gasteiger partial charge in [0, 0.05) is 23.5 Å². The van der Waals surface area contributed by atoms with Crippen molar-refractivity contribution in [3.63, 3.8) is 0 Å². The summed E-state index contributed by atoms with van der Waals surface area (Å²) in [5.41, 5.74) is 1.88. The Bertz CT molecular complexity index is 567. The van der Waals surface area contributed by atoms with Crippen LogP contribution in [0.4, 0.5) is 0 Å². The first-order valence-electron chi connectivity index (χ1n) is 6.54. The molecule has 108 valence electrons. The van der Waals surface area contributed by atoms with Gasteiger partial charge in [-0.15, -0.1) is 11.3 Å². The fraction of sp³-hybridized carbons (Fsp3) is 0.400. The van der Waals surface area contributed by atoms with E-state index < -0.39 is 0 Å². The fourth-order valence-electron chi connectivity index (χ4n) is 1.82. The van der Waals surface area contributed by atoms with Gasteiger partial charge in [-0.1, -0.05) is 13.8 Å². The van der Waals surface area contributed by atoms with Crippen molar-refractivity contribution in [1.82, 2.24) is 10.3 Å². The molecule has 0 aliphatic carbocycles. The molecule has 0 amide bonds. The second kappa shape index (κ2) is 6.72. The highest BCUT2D eigenvalue weighted by Crippen LogP contribution is 2.33. The SMILES string of the molecule is COc1ccc(OC)c(-c2csc(CNC(C)C)n2)c1. The van der Waals surface area contributed by atoms with Crippen LogP contribution in [0.2, 0.25) is 0 Å². The van der Waals surface area contributed by atoms with E-state index in [2.05, 4.69) is 29.5 Å². The van der Waals surface area contributed by atoms with Crippen LogP contribution in [0, 0.1) is 0 Å². The predicted octanol–water partition coefficient (Wildman–Crippen LogP) is 3.33. The smallest absolute Gasteiger partial charge is 0.128 e. The maximum absolute atomic E-state index is 5.40. The molecule has 2 rings (SSSR count). The Morgan fingerprint density at radius 3 is 2.70 bits per heavy atom. The molecule has 0 bridgehead atoms. The van der Waals surface area contributed by atoms with Crippen molar-refractivity contribution < 1.29 is 9.47 Å². The minimum atomic E-state index is 0.453. The molecule has 0 aliphatic rings. The van der Waals surface area contributed by atoms with Gasteiger partial charge in [-0.25, -0.2) is 4.98 Å². The number of ether oxygens (including phenoxy) is 2. The van der Waals surface area contributed by atoms with Crippen molar-refractivity contribution in [3.05, 3.63) is 28.6 Å². The number of methoxy groups -OCH3 is 2. The van der Waals surface area contributed by atoms with Crippen LogP contribution < -0.4 is 14.8 Å². The lowest BCUT2D eigenvalue weighted by atomic mass is 10.1. The van der Waals surface area contributed by atoms with Gasteiger partial charge in [0.1, 0.15) is 16.5 Å². The van der Waals surface area contributed by atoms with Gasteiger partial charge in [-0.3, -0.25) is 0 Å². The van der Waals surface area contributed by atoms with E-state index in [1.165, 1.54) is 0 Å². The number of hydrogen-bond donors (Lipinski definition) is 1. The Morgan fingerprint density at radius 2 is 2.05 bits per heavy atom. The number of benzene rings is 1. The Kier molecular flexibility index (Phi) is 4.98. The molecule has 0 spiro atoms. The Balaban J connectivity index is 2.26.